The number of hydrogen-bond acceptors (Lipinski definition) is 3. The number of nitrogens with one attached hydrogen (secondary N) is 1. The Morgan fingerprint density at radius 1 is 1.28 bits per heavy atom. The second kappa shape index (κ2) is 7.12. The molecule has 0 bridgehead atoms. The second-order valence-electron chi connectivity index (χ2n) is 4.85. The van der Waals surface area contributed by atoms with E-state index in [1.165, 1.54) is 0 Å². The molecule has 2 atom stereocenters. The lowest BCUT2D eigenvalue weighted by Crippen LogP contribution is -2.26. The maximum Gasteiger partial charge on any atom is 0.121 e. The van der Waals surface area contributed by atoms with Crippen molar-refractivity contribution in [3.05, 3.63) is 28.2 Å². The number of rotatable bonds is 6. The van der Waals surface area contributed by atoms with Crippen molar-refractivity contribution in [2.24, 2.45) is 0 Å². The molecule has 0 aromatic heterocycles. The fourth-order valence-electron chi connectivity index (χ4n) is 1.39. The average Bonchev–Trinajstić information content (AvgIpc) is 2.29. The van der Waals surface area contributed by atoms with Crippen LogP contribution < -0.4 is 10.1 Å². The molecule has 1 aromatic carbocycles. The molecule has 1 rings (SSSR count). The third kappa shape index (κ3) is 4.96. The van der Waals surface area contributed by atoms with E-state index in [4.69, 9.17) is 4.74 Å². The number of benzene rings is 1. The highest BCUT2D eigenvalue weighted by Crippen LogP contribution is 2.23. The summed E-state index contributed by atoms with van der Waals surface area (Å²) in [5, 5.41) is 12.8. The van der Waals surface area contributed by atoms with Crippen molar-refractivity contribution in [1.29, 1.82) is 0 Å². The second-order valence-corrected chi connectivity index (χ2v) is 5.71. The SMILES string of the molecule is CC(C)NCc1cc(OC(C)C(C)O)ccc1Br. The average molecular weight is 316 g/mol. The minimum absolute atomic E-state index is 0.211. The molecule has 2 N–H and O–H groups in total. The van der Waals surface area contributed by atoms with Crippen LogP contribution in [0.4, 0.5) is 0 Å². The molecule has 0 fully saturated rings. The van der Waals surface area contributed by atoms with Crippen LogP contribution in [-0.2, 0) is 6.54 Å². The minimum Gasteiger partial charge on any atom is -0.488 e. The van der Waals surface area contributed by atoms with Crippen molar-refractivity contribution < 1.29 is 9.84 Å². The monoisotopic (exact) mass is 315 g/mol. The van der Waals surface area contributed by atoms with Gasteiger partial charge in [0.1, 0.15) is 11.9 Å². The van der Waals surface area contributed by atoms with Gasteiger partial charge in [0.2, 0.25) is 0 Å². The number of halogens is 1. The third-order valence-electron chi connectivity index (χ3n) is 2.72. The van der Waals surface area contributed by atoms with Gasteiger partial charge in [-0.1, -0.05) is 29.8 Å². The van der Waals surface area contributed by atoms with Gasteiger partial charge in [-0.3, -0.25) is 0 Å². The topological polar surface area (TPSA) is 41.5 Å². The van der Waals surface area contributed by atoms with Gasteiger partial charge in [0.25, 0.3) is 0 Å². The Morgan fingerprint density at radius 2 is 1.94 bits per heavy atom. The van der Waals surface area contributed by atoms with Gasteiger partial charge < -0.3 is 15.2 Å². The number of hydrogen-bond donors (Lipinski definition) is 2. The Balaban J connectivity index is 2.74. The summed E-state index contributed by atoms with van der Waals surface area (Å²) in [4.78, 5) is 0. The van der Waals surface area contributed by atoms with Gasteiger partial charge in [-0.25, -0.2) is 0 Å². The van der Waals surface area contributed by atoms with E-state index in [9.17, 15) is 5.11 Å². The van der Waals surface area contributed by atoms with Crippen molar-refractivity contribution in [2.75, 3.05) is 0 Å². The summed E-state index contributed by atoms with van der Waals surface area (Å²) >= 11 is 3.53. The van der Waals surface area contributed by atoms with Crippen molar-refractivity contribution in [2.45, 2.75) is 52.5 Å². The van der Waals surface area contributed by atoms with Crippen LogP contribution >= 0.6 is 15.9 Å². The molecule has 2 unspecified atom stereocenters. The molecule has 1 aromatic rings. The zero-order valence-electron chi connectivity index (χ0n) is 11.4. The summed E-state index contributed by atoms with van der Waals surface area (Å²) in [5.41, 5.74) is 1.15. The van der Waals surface area contributed by atoms with E-state index in [1.54, 1.807) is 6.92 Å². The molecular weight excluding hydrogens is 294 g/mol. The summed E-state index contributed by atoms with van der Waals surface area (Å²) < 4.78 is 6.74. The van der Waals surface area contributed by atoms with Crippen LogP contribution in [0.2, 0.25) is 0 Å². The first-order valence-electron chi connectivity index (χ1n) is 6.26. The van der Waals surface area contributed by atoms with Gasteiger partial charge in [0, 0.05) is 17.1 Å². The molecule has 4 heteroatoms. The standard InChI is InChI=1S/C14H22BrNO2/c1-9(2)16-8-12-7-13(5-6-14(12)15)18-11(4)10(3)17/h5-7,9-11,16-17H,8H2,1-4H3. The number of aliphatic hydroxyl groups excluding tert-OH is 1. The van der Waals surface area contributed by atoms with E-state index in [-0.39, 0.29) is 6.10 Å². The Kier molecular flexibility index (Phi) is 6.12. The van der Waals surface area contributed by atoms with Crippen LogP contribution in [0.25, 0.3) is 0 Å². The largest absolute Gasteiger partial charge is 0.488 e. The molecule has 0 saturated carbocycles. The molecule has 3 nitrogen and oxygen atoms in total. The molecule has 0 spiro atoms. The minimum atomic E-state index is -0.481. The predicted molar refractivity (Wildman–Crippen MR) is 77.9 cm³/mol. The highest BCUT2D eigenvalue weighted by atomic mass is 79.9. The quantitative estimate of drug-likeness (QED) is 0.847. The van der Waals surface area contributed by atoms with E-state index in [1.807, 2.05) is 25.1 Å². The van der Waals surface area contributed by atoms with Crippen molar-refractivity contribution >= 4 is 15.9 Å². The van der Waals surface area contributed by atoms with Gasteiger partial charge in [0.15, 0.2) is 0 Å². The molecule has 0 aliphatic rings. The Morgan fingerprint density at radius 3 is 2.50 bits per heavy atom. The van der Waals surface area contributed by atoms with E-state index in [0.717, 1.165) is 22.3 Å². The van der Waals surface area contributed by atoms with E-state index >= 15 is 0 Å². The maximum atomic E-state index is 9.44. The van der Waals surface area contributed by atoms with Crippen molar-refractivity contribution in [3.8, 4) is 5.75 Å². The maximum absolute atomic E-state index is 9.44. The molecular formula is C14H22BrNO2. The van der Waals surface area contributed by atoms with Crippen LogP contribution in [0.3, 0.4) is 0 Å². The predicted octanol–water partition coefficient (Wildman–Crippen LogP) is 3.10. The summed E-state index contributed by atoms with van der Waals surface area (Å²) in [6, 6.07) is 6.32. The first kappa shape index (κ1) is 15.5. The Bertz CT molecular complexity index is 380. The normalized spacial score (nSPS) is 14.6. The zero-order chi connectivity index (χ0) is 13.7. The van der Waals surface area contributed by atoms with Crippen LogP contribution in [0, 0.1) is 0 Å². The number of aliphatic hydroxyl groups is 1. The van der Waals surface area contributed by atoms with Crippen LogP contribution in [-0.4, -0.2) is 23.4 Å². The lowest BCUT2D eigenvalue weighted by atomic mass is 10.2. The lowest BCUT2D eigenvalue weighted by Gasteiger charge is -2.18. The highest BCUT2D eigenvalue weighted by molar-refractivity contribution is 9.10. The third-order valence-corrected chi connectivity index (χ3v) is 3.49. The Hall–Kier alpha value is -0.580. The molecule has 0 aliphatic carbocycles. The van der Waals surface area contributed by atoms with E-state index < -0.39 is 6.10 Å². The lowest BCUT2D eigenvalue weighted by molar-refractivity contribution is 0.0604. The van der Waals surface area contributed by atoms with Gasteiger partial charge in [-0.05, 0) is 37.6 Å². The molecule has 0 saturated heterocycles. The smallest absolute Gasteiger partial charge is 0.121 e. The van der Waals surface area contributed by atoms with E-state index in [0.29, 0.717) is 6.04 Å². The summed E-state index contributed by atoms with van der Waals surface area (Å²) in [6.45, 7) is 8.61. The molecule has 0 aliphatic heterocycles. The van der Waals surface area contributed by atoms with Crippen molar-refractivity contribution in [1.82, 2.24) is 5.32 Å². The Labute approximate surface area is 118 Å². The summed E-state index contributed by atoms with van der Waals surface area (Å²) in [5.74, 6) is 0.784. The van der Waals surface area contributed by atoms with E-state index in [2.05, 4.69) is 35.1 Å². The van der Waals surface area contributed by atoms with Crippen LogP contribution in [0.5, 0.6) is 5.75 Å². The fourth-order valence-corrected chi connectivity index (χ4v) is 1.77. The molecule has 0 heterocycles. The molecule has 0 radical (unpaired) electrons. The van der Waals surface area contributed by atoms with Gasteiger partial charge in [0.05, 0.1) is 6.10 Å². The van der Waals surface area contributed by atoms with Gasteiger partial charge in [-0.15, -0.1) is 0 Å². The fraction of sp³-hybridized carbons (Fsp3) is 0.571. The molecule has 0 amide bonds. The number of ether oxygens (including phenoxy) is 1. The highest BCUT2D eigenvalue weighted by Gasteiger charge is 2.11. The molecule has 18 heavy (non-hydrogen) atoms. The van der Waals surface area contributed by atoms with Gasteiger partial charge >= 0.3 is 0 Å². The first-order chi connectivity index (χ1) is 8.40. The van der Waals surface area contributed by atoms with Gasteiger partial charge in [-0.2, -0.15) is 0 Å². The summed E-state index contributed by atoms with van der Waals surface area (Å²) in [7, 11) is 0. The van der Waals surface area contributed by atoms with Crippen LogP contribution in [0.15, 0.2) is 22.7 Å². The van der Waals surface area contributed by atoms with Crippen molar-refractivity contribution in [3.63, 3.8) is 0 Å². The zero-order valence-corrected chi connectivity index (χ0v) is 13.0. The molecule has 102 valence electrons. The summed E-state index contributed by atoms with van der Waals surface area (Å²) in [6.07, 6.45) is -0.692. The first-order valence-corrected chi connectivity index (χ1v) is 7.06. The van der Waals surface area contributed by atoms with Crippen LogP contribution in [0.1, 0.15) is 33.3 Å².